The summed E-state index contributed by atoms with van der Waals surface area (Å²) in [6.45, 7) is 6.23. The third kappa shape index (κ3) is 4.49. The number of thiocarbonyl (C=S) groups is 1. The summed E-state index contributed by atoms with van der Waals surface area (Å²) in [4.78, 5) is 0.260. The van der Waals surface area contributed by atoms with Crippen molar-refractivity contribution in [2.75, 3.05) is 18.4 Å². The van der Waals surface area contributed by atoms with Gasteiger partial charge in [-0.15, -0.1) is 0 Å². The first-order valence-corrected chi connectivity index (χ1v) is 10.0. The predicted octanol–water partition coefficient (Wildman–Crippen LogP) is 3.51. The van der Waals surface area contributed by atoms with Gasteiger partial charge in [0.25, 0.3) is 0 Å². The van der Waals surface area contributed by atoms with E-state index in [1.807, 2.05) is 6.07 Å². The van der Waals surface area contributed by atoms with E-state index in [-0.39, 0.29) is 21.2 Å². The molecule has 1 aliphatic rings. The molecule has 2 rings (SSSR count). The van der Waals surface area contributed by atoms with Gasteiger partial charge in [0.05, 0.1) is 4.90 Å². The Morgan fingerprint density at radius 1 is 1.27 bits per heavy atom. The van der Waals surface area contributed by atoms with Crippen LogP contribution in [-0.2, 0) is 10.0 Å². The lowest BCUT2D eigenvalue weighted by Crippen LogP contribution is -2.35. The number of sulfonamides is 1. The van der Waals surface area contributed by atoms with Crippen LogP contribution in [0.4, 0.5) is 5.69 Å². The van der Waals surface area contributed by atoms with E-state index in [0.29, 0.717) is 24.4 Å². The summed E-state index contributed by atoms with van der Waals surface area (Å²) in [5, 5.41) is 21.9. The number of nitriles is 1. The van der Waals surface area contributed by atoms with Gasteiger partial charge in [0.1, 0.15) is 22.4 Å². The molecule has 0 amide bonds. The molecule has 1 fully saturated rings. The Kier molecular flexibility index (Phi) is 6.53. The van der Waals surface area contributed by atoms with Crippen molar-refractivity contribution in [2.24, 2.45) is 0 Å². The van der Waals surface area contributed by atoms with Crippen molar-refractivity contribution in [3.63, 3.8) is 0 Å². The van der Waals surface area contributed by atoms with Crippen LogP contribution in [0.25, 0.3) is 0 Å². The maximum atomic E-state index is 12.6. The van der Waals surface area contributed by atoms with Gasteiger partial charge in [0.2, 0.25) is 10.0 Å². The Morgan fingerprint density at radius 3 is 2.35 bits per heavy atom. The number of piperidine rings is 1. The second kappa shape index (κ2) is 8.45. The Labute approximate surface area is 159 Å². The van der Waals surface area contributed by atoms with Crippen LogP contribution >= 0.6 is 12.2 Å². The van der Waals surface area contributed by atoms with Gasteiger partial charge in [-0.2, -0.15) is 9.57 Å². The normalized spacial score (nSPS) is 16.3. The lowest BCUT2D eigenvalue weighted by molar-refractivity contribution is 0.346. The Hall–Kier alpha value is -2.21. The van der Waals surface area contributed by atoms with E-state index in [4.69, 9.17) is 17.5 Å². The minimum absolute atomic E-state index is 0.0413. The first-order chi connectivity index (χ1) is 12.3. The Balaban J connectivity index is 2.17. The molecular formula is C18H21N3O3S2. The molecule has 0 aliphatic carbocycles. The van der Waals surface area contributed by atoms with Crippen LogP contribution < -0.4 is 5.32 Å². The van der Waals surface area contributed by atoms with E-state index < -0.39 is 10.0 Å². The molecule has 2 N–H and O–H groups in total. The number of anilines is 1. The minimum Gasteiger partial charge on any atom is -0.506 e. The molecule has 1 aromatic carbocycles. The molecule has 1 heterocycles. The zero-order chi connectivity index (χ0) is 19.3. The van der Waals surface area contributed by atoms with Crippen molar-refractivity contribution in [2.45, 2.75) is 31.1 Å². The van der Waals surface area contributed by atoms with Gasteiger partial charge in [-0.1, -0.05) is 25.2 Å². The van der Waals surface area contributed by atoms with Crippen LogP contribution in [0.15, 0.2) is 52.6 Å². The SMILES string of the molecule is C=C(C)C(O)=C(C#N)C(=S)Nc1ccc(S(=O)(=O)N2CCCCC2)cc1. The van der Waals surface area contributed by atoms with Crippen molar-refractivity contribution in [1.29, 1.82) is 5.26 Å². The lowest BCUT2D eigenvalue weighted by atomic mass is 10.1. The van der Waals surface area contributed by atoms with Crippen LogP contribution in [0.2, 0.25) is 0 Å². The molecule has 0 unspecified atom stereocenters. The number of aliphatic hydroxyl groups excluding tert-OH is 1. The minimum atomic E-state index is -3.49. The largest absolute Gasteiger partial charge is 0.506 e. The Bertz CT molecular complexity index is 875. The van der Waals surface area contributed by atoms with Crippen molar-refractivity contribution in [1.82, 2.24) is 4.31 Å². The van der Waals surface area contributed by atoms with Crippen molar-refractivity contribution in [3.05, 3.63) is 47.7 Å². The molecule has 0 aromatic heterocycles. The first kappa shape index (κ1) is 20.1. The average molecular weight is 392 g/mol. The van der Waals surface area contributed by atoms with Gasteiger partial charge < -0.3 is 10.4 Å². The molecule has 0 bridgehead atoms. The molecule has 0 spiro atoms. The first-order valence-electron chi connectivity index (χ1n) is 8.18. The molecule has 0 atom stereocenters. The van der Waals surface area contributed by atoms with Gasteiger partial charge >= 0.3 is 0 Å². The number of hydrogen-bond acceptors (Lipinski definition) is 5. The second-order valence-electron chi connectivity index (χ2n) is 6.06. The summed E-state index contributed by atoms with van der Waals surface area (Å²) >= 11 is 5.14. The van der Waals surface area contributed by atoms with Crippen molar-refractivity contribution < 1.29 is 13.5 Å². The molecule has 1 aromatic rings. The molecule has 138 valence electrons. The fourth-order valence-corrected chi connectivity index (χ4v) is 4.36. The van der Waals surface area contributed by atoms with Gasteiger partial charge in [-0.3, -0.25) is 0 Å². The molecular weight excluding hydrogens is 370 g/mol. The smallest absolute Gasteiger partial charge is 0.243 e. The number of nitrogens with zero attached hydrogens (tertiary/aromatic N) is 2. The average Bonchev–Trinajstić information content (AvgIpc) is 2.63. The summed E-state index contributed by atoms with van der Waals surface area (Å²) < 4.78 is 26.8. The van der Waals surface area contributed by atoms with E-state index in [1.165, 1.54) is 16.4 Å². The van der Waals surface area contributed by atoms with Crippen molar-refractivity contribution >= 4 is 32.9 Å². The Morgan fingerprint density at radius 2 is 1.85 bits per heavy atom. The second-order valence-corrected chi connectivity index (χ2v) is 8.41. The third-order valence-electron chi connectivity index (χ3n) is 4.04. The number of rotatable bonds is 5. The molecule has 0 saturated carbocycles. The van der Waals surface area contributed by atoms with Crippen LogP contribution in [0.3, 0.4) is 0 Å². The highest BCUT2D eigenvalue weighted by Gasteiger charge is 2.25. The third-order valence-corrected chi connectivity index (χ3v) is 6.26. The monoisotopic (exact) mass is 391 g/mol. The molecule has 6 nitrogen and oxygen atoms in total. The molecule has 0 radical (unpaired) electrons. The van der Waals surface area contributed by atoms with Gasteiger partial charge in [0, 0.05) is 18.8 Å². The highest BCUT2D eigenvalue weighted by molar-refractivity contribution is 7.89. The molecule has 1 saturated heterocycles. The van der Waals surface area contributed by atoms with E-state index in [9.17, 15) is 13.5 Å². The van der Waals surface area contributed by atoms with Crippen molar-refractivity contribution in [3.8, 4) is 6.07 Å². The maximum absolute atomic E-state index is 12.6. The fraction of sp³-hybridized carbons (Fsp3) is 0.333. The number of aliphatic hydroxyl groups is 1. The molecule has 26 heavy (non-hydrogen) atoms. The zero-order valence-corrected chi connectivity index (χ0v) is 16.2. The van der Waals surface area contributed by atoms with Gasteiger partial charge in [0.15, 0.2) is 0 Å². The van der Waals surface area contributed by atoms with Gasteiger partial charge in [-0.05, 0) is 49.6 Å². The summed E-state index contributed by atoms with van der Waals surface area (Å²) in [7, 11) is -3.49. The number of hydrogen-bond donors (Lipinski definition) is 2. The summed E-state index contributed by atoms with van der Waals surface area (Å²) in [5.74, 6) is -0.269. The number of allylic oxidation sites excluding steroid dienone is 1. The highest BCUT2D eigenvalue weighted by Crippen LogP contribution is 2.22. The molecule has 8 heteroatoms. The van der Waals surface area contributed by atoms with Crippen LogP contribution in [0.1, 0.15) is 26.2 Å². The standard InChI is InChI=1S/C18H21N3O3S2/c1-13(2)17(22)16(12-19)18(25)20-14-6-8-15(9-7-14)26(23,24)21-10-4-3-5-11-21/h6-9,22H,1,3-5,10-11H2,2H3,(H,20,25). The van der Waals surface area contributed by atoms with E-state index in [0.717, 1.165) is 19.3 Å². The van der Waals surface area contributed by atoms with Crippen LogP contribution in [0, 0.1) is 11.3 Å². The zero-order valence-electron chi connectivity index (χ0n) is 14.5. The molecule has 1 aliphatic heterocycles. The maximum Gasteiger partial charge on any atom is 0.243 e. The van der Waals surface area contributed by atoms with E-state index >= 15 is 0 Å². The topological polar surface area (TPSA) is 93.4 Å². The summed E-state index contributed by atoms with van der Waals surface area (Å²) in [5.41, 5.74) is 0.765. The number of nitrogens with one attached hydrogen (secondary N) is 1. The highest BCUT2D eigenvalue weighted by atomic mass is 32.2. The van der Waals surface area contributed by atoms with Crippen LogP contribution in [0.5, 0.6) is 0 Å². The fourth-order valence-electron chi connectivity index (χ4n) is 2.58. The van der Waals surface area contributed by atoms with Crippen LogP contribution in [-0.4, -0.2) is 35.9 Å². The van der Waals surface area contributed by atoms with E-state index in [1.54, 1.807) is 19.1 Å². The number of benzene rings is 1. The quantitative estimate of drug-likeness (QED) is 0.262. The van der Waals surface area contributed by atoms with E-state index in [2.05, 4.69) is 11.9 Å². The predicted molar refractivity (Wildman–Crippen MR) is 105 cm³/mol. The summed E-state index contributed by atoms with van der Waals surface area (Å²) in [6, 6.07) is 8.01. The van der Waals surface area contributed by atoms with Gasteiger partial charge in [-0.25, -0.2) is 8.42 Å². The summed E-state index contributed by atoms with van der Waals surface area (Å²) in [6.07, 6.45) is 2.81. The lowest BCUT2D eigenvalue weighted by Gasteiger charge is -2.25.